The van der Waals surface area contributed by atoms with Gasteiger partial charge in [0.1, 0.15) is 0 Å². The van der Waals surface area contributed by atoms with E-state index in [9.17, 15) is 0 Å². The van der Waals surface area contributed by atoms with E-state index in [1.54, 1.807) is 11.3 Å². The fourth-order valence-electron chi connectivity index (χ4n) is 3.15. The van der Waals surface area contributed by atoms with Gasteiger partial charge in [-0.2, -0.15) is 0 Å². The molecule has 2 atom stereocenters. The van der Waals surface area contributed by atoms with E-state index in [-0.39, 0.29) is 6.04 Å². The Morgan fingerprint density at radius 3 is 2.71 bits per heavy atom. The maximum Gasteiger partial charge on any atom is 0.0931 e. The Kier molecular flexibility index (Phi) is 4.53. The summed E-state index contributed by atoms with van der Waals surface area (Å²) in [7, 11) is 0. The molecule has 1 fully saturated rings. The number of hydrogen-bond acceptors (Lipinski definition) is 3. The van der Waals surface area contributed by atoms with E-state index in [4.69, 9.17) is 17.3 Å². The van der Waals surface area contributed by atoms with Gasteiger partial charge >= 0.3 is 0 Å². The first kappa shape index (κ1) is 14.9. The number of nitrogens with two attached hydrogens (primary N) is 1. The highest BCUT2D eigenvalue weighted by atomic mass is 35.5. The molecule has 2 aromatic rings. The molecule has 0 bridgehead atoms. The lowest BCUT2D eigenvalue weighted by molar-refractivity contribution is 0.375. The van der Waals surface area contributed by atoms with Gasteiger partial charge in [0.15, 0.2) is 0 Å². The normalized spacial score (nSPS) is 22.5. The first-order chi connectivity index (χ1) is 10.1. The number of piperidine rings is 1. The molecule has 1 aromatic heterocycles. The van der Waals surface area contributed by atoms with E-state index in [0.29, 0.717) is 5.92 Å². The van der Waals surface area contributed by atoms with Gasteiger partial charge in [-0.25, -0.2) is 0 Å². The topological polar surface area (TPSA) is 29.3 Å². The average molecular weight is 321 g/mol. The zero-order valence-corrected chi connectivity index (χ0v) is 13.8. The highest BCUT2D eigenvalue weighted by molar-refractivity contribution is 7.14. The van der Waals surface area contributed by atoms with Gasteiger partial charge in [-0.1, -0.05) is 29.3 Å². The van der Waals surface area contributed by atoms with Crippen LogP contribution in [0.4, 0.5) is 5.69 Å². The molecule has 1 aliphatic heterocycles. The van der Waals surface area contributed by atoms with Crippen LogP contribution in [-0.4, -0.2) is 19.1 Å². The second kappa shape index (κ2) is 6.39. The number of rotatable bonds is 3. The Bertz CT molecular complexity index is 593. The van der Waals surface area contributed by atoms with Gasteiger partial charge in [-0.15, -0.1) is 11.3 Å². The van der Waals surface area contributed by atoms with Crippen LogP contribution in [0.15, 0.2) is 35.7 Å². The van der Waals surface area contributed by atoms with Crippen molar-refractivity contribution in [1.29, 1.82) is 0 Å². The molecule has 0 aliphatic carbocycles. The number of hydrogen-bond donors (Lipinski definition) is 1. The molecule has 2 nitrogen and oxygen atoms in total. The monoisotopic (exact) mass is 320 g/mol. The third-order valence-electron chi connectivity index (χ3n) is 4.11. The number of thiophene rings is 1. The van der Waals surface area contributed by atoms with Crippen molar-refractivity contribution in [2.24, 2.45) is 11.7 Å². The van der Waals surface area contributed by atoms with Crippen LogP contribution in [0.1, 0.15) is 17.5 Å². The Hall–Kier alpha value is -1.03. The van der Waals surface area contributed by atoms with Crippen molar-refractivity contribution in [2.75, 3.05) is 18.0 Å². The summed E-state index contributed by atoms with van der Waals surface area (Å²) in [6, 6.07) is 11.1. The average Bonchev–Trinajstić information content (AvgIpc) is 2.84. The van der Waals surface area contributed by atoms with Crippen LogP contribution in [0.25, 0.3) is 0 Å². The standard InChI is InChI=1S/C17H21ClN2S/c1-12-2-4-16(5-3-12)20-9-13(7-15(19)10-20)6-14-8-17(18)21-11-14/h2-5,8,11,13,15H,6-7,9-10,19H2,1H3. The maximum absolute atomic E-state index is 6.28. The Morgan fingerprint density at radius 2 is 2.05 bits per heavy atom. The number of anilines is 1. The molecule has 0 amide bonds. The minimum absolute atomic E-state index is 0.249. The lowest BCUT2D eigenvalue weighted by Crippen LogP contribution is -2.47. The molecule has 112 valence electrons. The zero-order chi connectivity index (χ0) is 14.8. The number of benzene rings is 1. The van der Waals surface area contributed by atoms with Gasteiger partial charge in [-0.3, -0.25) is 0 Å². The molecule has 1 aromatic carbocycles. The Balaban J connectivity index is 1.70. The summed E-state index contributed by atoms with van der Waals surface area (Å²) in [5.41, 5.74) is 10.2. The number of nitrogens with zero attached hydrogens (tertiary/aromatic N) is 1. The van der Waals surface area contributed by atoms with Crippen molar-refractivity contribution in [1.82, 2.24) is 0 Å². The van der Waals surface area contributed by atoms with Gasteiger partial charge in [0.25, 0.3) is 0 Å². The summed E-state index contributed by atoms with van der Waals surface area (Å²) in [5, 5.41) is 2.17. The van der Waals surface area contributed by atoms with Gasteiger partial charge in [0.2, 0.25) is 0 Å². The SMILES string of the molecule is Cc1ccc(N2CC(N)CC(Cc3csc(Cl)c3)C2)cc1. The molecular weight excluding hydrogens is 300 g/mol. The highest BCUT2D eigenvalue weighted by Crippen LogP contribution is 2.28. The third-order valence-corrected chi connectivity index (χ3v) is 5.25. The smallest absolute Gasteiger partial charge is 0.0931 e. The first-order valence-corrected chi connectivity index (χ1v) is 8.66. The van der Waals surface area contributed by atoms with Gasteiger partial charge in [-0.05, 0) is 54.8 Å². The van der Waals surface area contributed by atoms with Crippen LogP contribution in [0.2, 0.25) is 4.34 Å². The van der Waals surface area contributed by atoms with E-state index in [1.807, 2.05) is 0 Å². The molecule has 0 spiro atoms. The lowest BCUT2D eigenvalue weighted by Gasteiger charge is -2.38. The molecule has 4 heteroatoms. The van der Waals surface area contributed by atoms with Crippen molar-refractivity contribution >= 4 is 28.6 Å². The van der Waals surface area contributed by atoms with Gasteiger partial charge < -0.3 is 10.6 Å². The van der Waals surface area contributed by atoms with Crippen molar-refractivity contribution < 1.29 is 0 Å². The van der Waals surface area contributed by atoms with Crippen LogP contribution >= 0.6 is 22.9 Å². The van der Waals surface area contributed by atoms with E-state index >= 15 is 0 Å². The summed E-state index contributed by atoms with van der Waals surface area (Å²) in [4.78, 5) is 2.42. The third kappa shape index (κ3) is 3.79. The molecule has 0 saturated carbocycles. The molecule has 2 unspecified atom stereocenters. The quantitative estimate of drug-likeness (QED) is 0.922. The van der Waals surface area contributed by atoms with E-state index < -0.39 is 0 Å². The van der Waals surface area contributed by atoms with E-state index in [1.165, 1.54) is 16.8 Å². The van der Waals surface area contributed by atoms with Crippen LogP contribution in [0.3, 0.4) is 0 Å². The van der Waals surface area contributed by atoms with Crippen molar-refractivity contribution in [3.05, 3.63) is 51.2 Å². The summed E-state index contributed by atoms with van der Waals surface area (Å²) in [5.74, 6) is 0.598. The van der Waals surface area contributed by atoms with Crippen molar-refractivity contribution in [3.8, 4) is 0 Å². The molecule has 21 heavy (non-hydrogen) atoms. The van der Waals surface area contributed by atoms with Crippen LogP contribution in [0, 0.1) is 12.8 Å². The fraction of sp³-hybridized carbons (Fsp3) is 0.412. The first-order valence-electron chi connectivity index (χ1n) is 7.40. The van der Waals surface area contributed by atoms with Crippen LogP contribution in [-0.2, 0) is 6.42 Å². The summed E-state index contributed by atoms with van der Waals surface area (Å²) in [6.45, 7) is 4.14. The minimum Gasteiger partial charge on any atom is -0.370 e. The largest absolute Gasteiger partial charge is 0.370 e. The molecule has 2 heterocycles. The second-order valence-electron chi connectivity index (χ2n) is 6.07. The molecule has 3 rings (SSSR count). The molecular formula is C17H21ClN2S. The lowest BCUT2D eigenvalue weighted by atomic mass is 9.89. The van der Waals surface area contributed by atoms with Crippen molar-refractivity contribution in [3.63, 3.8) is 0 Å². The maximum atomic E-state index is 6.28. The Labute approximate surface area is 135 Å². The summed E-state index contributed by atoms with van der Waals surface area (Å²) in [6.07, 6.45) is 2.16. The second-order valence-corrected chi connectivity index (χ2v) is 7.61. The summed E-state index contributed by atoms with van der Waals surface area (Å²) < 4.78 is 0.875. The molecule has 2 N–H and O–H groups in total. The molecule has 1 saturated heterocycles. The molecule has 0 radical (unpaired) electrons. The number of halogens is 1. The molecule has 1 aliphatic rings. The van der Waals surface area contributed by atoms with Crippen LogP contribution < -0.4 is 10.6 Å². The highest BCUT2D eigenvalue weighted by Gasteiger charge is 2.25. The Morgan fingerprint density at radius 1 is 1.29 bits per heavy atom. The predicted octanol–water partition coefficient (Wildman–Crippen LogP) is 4.11. The van der Waals surface area contributed by atoms with Crippen LogP contribution in [0.5, 0.6) is 0 Å². The van der Waals surface area contributed by atoms with E-state index in [2.05, 4.69) is 47.5 Å². The van der Waals surface area contributed by atoms with Gasteiger partial charge in [0, 0.05) is 24.8 Å². The number of aryl methyl sites for hydroxylation is 1. The minimum atomic E-state index is 0.249. The zero-order valence-electron chi connectivity index (χ0n) is 12.3. The van der Waals surface area contributed by atoms with Gasteiger partial charge in [0.05, 0.1) is 4.34 Å². The summed E-state index contributed by atoms with van der Waals surface area (Å²) >= 11 is 7.64. The van der Waals surface area contributed by atoms with E-state index in [0.717, 1.165) is 30.3 Å². The van der Waals surface area contributed by atoms with Crippen molar-refractivity contribution in [2.45, 2.75) is 25.8 Å². The fourth-order valence-corrected chi connectivity index (χ4v) is 4.07. The predicted molar refractivity (Wildman–Crippen MR) is 92.5 cm³/mol.